The van der Waals surface area contributed by atoms with Crippen LogP contribution in [0.1, 0.15) is 5.56 Å². The Labute approximate surface area is 162 Å². The summed E-state index contributed by atoms with van der Waals surface area (Å²) in [5.74, 6) is -0.821. The first kappa shape index (κ1) is 18.2. The molecule has 0 saturated heterocycles. The number of halogens is 1. The van der Waals surface area contributed by atoms with Crippen molar-refractivity contribution >= 4 is 32.8 Å². The second-order valence-corrected chi connectivity index (χ2v) is 8.42. The molecule has 0 spiro atoms. The first-order valence-electron chi connectivity index (χ1n) is 8.64. The number of para-hydroxylation sites is 2. The summed E-state index contributed by atoms with van der Waals surface area (Å²) in [5, 5.41) is 2.71. The molecule has 0 fully saturated rings. The molecule has 1 aliphatic rings. The van der Waals surface area contributed by atoms with Gasteiger partial charge < -0.3 is 10.2 Å². The fourth-order valence-corrected chi connectivity index (χ4v) is 4.96. The summed E-state index contributed by atoms with van der Waals surface area (Å²) in [5.41, 5.74) is 1.99. The average molecular weight is 396 g/mol. The largest absolute Gasteiger partial charge is 0.330 e. The minimum Gasteiger partial charge on any atom is -0.330 e. The molecule has 0 radical (unpaired) electrons. The van der Waals surface area contributed by atoms with Gasteiger partial charge in [0.05, 0.1) is 21.2 Å². The molecule has 28 heavy (non-hydrogen) atoms. The summed E-state index contributed by atoms with van der Waals surface area (Å²) in [6.07, 6.45) is 0. The minimum absolute atomic E-state index is 0.112. The zero-order chi connectivity index (χ0) is 19.9. The topological polar surface area (TPSA) is 66.5 Å². The van der Waals surface area contributed by atoms with Gasteiger partial charge in [0.15, 0.2) is 0 Å². The van der Waals surface area contributed by atoms with Gasteiger partial charge in [-0.05, 0) is 48.9 Å². The van der Waals surface area contributed by atoms with Crippen LogP contribution in [0.25, 0.3) is 0 Å². The number of amides is 1. The van der Waals surface area contributed by atoms with Crippen molar-refractivity contribution in [3.8, 4) is 0 Å². The van der Waals surface area contributed by atoms with Crippen molar-refractivity contribution in [3.63, 3.8) is 0 Å². The van der Waals surface area contributed by atoms with E-state index in [-0.39, 0.29) is 22.2 Å². The number of benzene rings is 3. The van der Waals surface area contributed by atoms with Crippen molar-refractivity contribution in [1.82, 2.24) is 0 Å². The van der Waals surface area contributed by atoms with Gasteiger partial charge in [0.25, 0.3) is 0 Å². The maximum Gasteiger partial charge on any atom is 0.244 e. The lowest BCUT2D eigenvalue weighted by molar-refractivity contribution is -0.114. The van der Waals surface area contributed by atoms with Crippen LogP contribution in [-0.2, 0) is 14.6 Å². The van der Waals surface area contributed by atoms with Crippen molar-refractivity contribution < 1.29 is 17.6 Å². The Morgan fingerprint density at radius 2 is 1.54 bits per heavy atom. The Morgan fingerprint density at radius 1 is 0.964 bits per heavy atom. The molecule has 4 rings (SSSR count). The fraction of sp³-hybridized carbons (Fsp3) is 0.0952. The van der Waals surface area contributed by atoms with E-state index in [9.17, 15) is 17.6 Å². The molecular formula is C21H17FN2O3S. The Kier molecular flexibility index (Phi) is 4.39. The second-order valence-electron chi connectivity index (χ2n) is 6.53. The quantitative estimate of drug-likeness (QED) is 0.725. The Morgan fingerprint density at radius 3 is 2.14 bits per heavy atom. The zero-order valence-electron chi connectivity index (χ0n) is 15.0. The summed E-state index contributed by atoms with van der Waals surface area (Å²) in [6.45, 7) is 1.66. The van der Waals surface area contributed by atoms with Gasteiger partial charge in [0.2, 0.25) is 15.7 Å². The number of nitrogens with zero attached hydrogens (tertiary/aromatic N) is 1. The number of carbonyl (C=O) groups excluding carboxylic acids is 1. The second kappa shape index (κ2) is 6.76. The highest BCUT2D eigenvalue weighted by molar-refractivity contribution is 7.92. The lowest BCUT2D eigenvalue weighted by atomic mass is 10.2. The van der Waals surface area contributed by atoms with E-state index in [1.54, 1.807) is 54.3 Å². The molecule has 7 heteroatoms. The standard InChI is InChI=1S/C21H17FN2O3S/c1-14-10-11-15(22)12-16(14)23-21(25)13-24-17-6-2-4-8-19(17)28(26,27)20-9-5-3-7-18(20)24/h2-12H,13H2,1H3,(H,23,25). The van der Waals surface area contributed by atoms with Crippen LogP contribution in [-0.4, -0.2) is 20.9 Å². The van der Waals surface area contributed by atoms with Crippen molar-refractivity contribution in [2.75, 3.05) is 16.8 Å². The molecular weight excluding hydrogens is 379 g/mol. The average Bonchev–Trinajstić information content (AvgIpc) is 2.68. The summed E-state index contributed by atoms with van der Waals surface area (Å²) in [6, 6.07) is 17.3. The maximum atomic E-state index is 13.5. The number of fused-ring (bicyclic) bond motifs is 2. The van der Waals surface area contributed by atoms with E-state index in [4.69, 9.17) is 0 Å². The highest BCUT2D eigenvalue weighted by atomic mass is 32.2. The van der Waals surface area contributed by atoms with Gasteiger partial charge in [0.1, 0.15) is 12.4 Å². The summed E-state index contributed by atoms with van der Waals surface area (Å²) in [4.78, 5) is 14.7. The number of aryl methyl sites for hydroxylation is 1. The van der Waals surface area contributed by atoms with Crippen molar-refractivity contribution in [3.05, 3.63) is 78.1 Å². The molecule has 0 bridgehead atoms. The number of hydrogen-bond donors (Lipinski definition) is 1. The van der Waals surface area contributed by atoms with Crippen LogP contribution < -0.4 is 10.2 Å². The van der Waals surface area contributed by atoms with E-state index < -0.39 is 15.7 Å². The molecule has 1 amide bonds. The molecule has 0 atom stereocenters. The van der Waals surface area contributed by atoms with Crippen molar-refractivity contribution in [2.45, 2.75) is 16.7 Å². The molecule has 3 aromatic rings. The zero-order valence-corrected chi connectivity index (χ0v) is 15.8. The van der Waals surface area contributed by atoms with E-state index in [2.05, 4.69) is 5.32 Å². The lowest BCUT2D eigenvalue weighted by Crippen LogP contribution is -2.33. The molecule has 1 N–H and O–H groups in total. The van der Waals surface area contributed by atoms with Gasteiger partial charge in [-0.25, -0.2) is 12.8 Å². The number of anilines is 3. The fourth-order valence-electron chi connectivity index (χ4n) is 3.30. The van der Waals surface area contributed by atoms with Gasteiger partial charge in [0, 0.05) is 5.69 Å². The van der Waals surface area contributed by atoms with Crippen LogP contribution in [0.4, 0.5) is 21.5 Å². The van der Waals surface area contributed by atoms with Crippen LogP contribution in [0.5, 0.6) is 0 Å². The molecule has 1 aliphatic heterocycles. The molecule has 1 heterocycles. The van der Waals surface area contributed by atoms with Gasteiger partial charge in [-0.1, -0.05) is 30.3 Å². The van der Waals surface area contributed by atoms with E-state index in [1.807, 2.05) is 0 Å². The van der Waals surface area contributed by atoms with E-state index in [0.717, 1.165) is 5.56 Å². The third kappa shape index (κ3) is 3.03. The first-order chi connectivity index (χ1) is 13.4. The number of nitrogens with one attached hydrogen (secondary N) is 1. The first-order valence-corrected chi connectivity index (χ1v) is 10.1. The van der Waals surface area contributed by atoms with Crippen LogP contribution in [0.3, 0.4) is 0 Å². The number of rotatable bonds is 3. The van der Waals surface area contributed by atoms with Crippen LogP contribution >= 0.6 is 0 Å². The lowest BCUT2D eigenvalue weighted by Gasteiger charge is -2.32. The smallest absolute Gasteiger partial charge is 0.244 e. The molecule has 0 saturated carbocycles. The van der Waals surface area contributed by atoms with E-state index in [1.165, 1.54) is 24.3 Å². The molecule has 3 aromatic carbocycles. The Balaban J connectivity index is 1.72. The monoisotopic (exact) mass is 396 g/mol. The van der Waals surface area contributed by atoms with Crippen LogP contribution in [0.2, 0.25) is 0 Å². The highest BCUT2D eigenvalue weighted by Crippen LogP contribution is 2.43. The predicted octanol–water partition coefficient (Wildman–Crippen LogP) is 4.06. The van der Waals surface area contributed by atoms with Crippen molar-refractivity contribution in [1.29, 1.82) is 0 Å². The third-order valence-corrected chi connectivity index (χ3v) is 6.52. The Hall–Kier alpha value is -3.19. The van der Waals surface area contributed by atoms with Gasteiger partial charge >= 0.3 is 0 Å². The normalized spacial score (nSPS) is 14.1. The summed E-state index contributed by atoms with van der Waals surface area (Å²) in [7, 11) is -3.66. The van der Waals surface area contributed by atoms with Crippen molar-refractivity contribution in [2.24, 2.45) is 0 Å². The molecule has 0 aliphatic carbocycles. The van der Waals surface area contributed by atoms with Crippen LogP contribution in [0.15, 0.2) is 76.5 Å². The number of sulfone groups is 1. The molecule has 5 nitrogen and oxygen atoms in total. The van der Waals surface area contributed by atoms with Gasteiger partial charge in [-0.15, -0.1) is 0 Å². The third-order valence-electron chi connectivity index (χ3n) is 4.67. The minimum atomic E-state index is -3.66. The van der Waals surface area contributed by atoms with Gasteiger partial charge in [-0.3, -0.25) is 4.79 Å². The Bertz CT molecular complexity index is 1140. The summed E-state index contributed by atoms with van der Waals surface area (Å²) >= 11 is 0. The van der Waals surface area contributed by atoms with E-state index in [0.29, 0.717) is 17.1 Å². The maximum absolute atomic E-state index is 13.5. The predicted molar refractivity (Wildman–Crippen MR) is 105 cm³/mol. The SMILES string of the molecule is Cc1ccc(F)cc1NC(=O)CN1c2ccccc2S(=O)(=O)c2ccccc21. The molecule has 0 aromatic heterocycles. The highest BCUT2D eigenvalue weighted by Gasteiger charge is 2.34. The number of hydrogen-bond acceptors (Lipinski definition) is 4. The summed E-state index contributed by atoms with van der Waals surface area (Å²) < 4.78 is 39.4. The molecule has 142 valence electrons. The van der Waals surface area contributed by atoms with Crippen LogP contribution in [0, 0.1) is 12.7 Å². The number of carbonyl (C=O) groups is 1. The van der Waals surface area contributed by atoms with E-state index >= 15 is 0 Å². The molecule has 0 unspecified atom stereocenters. The van der Waals surface area contributed by atoms with Gasteiger partial charge in [-0.2, -0.15) is 0 Å².